The fourth-order valence-electron chi connectivity index (χ4n) is 2.44. The van der Waals surface area contributed by atoms with E-state index in [0.717, 1.165) is 5.06 Å². The summed E-state index contributed by atoms with van der Waals surface area (Å²) in [6.07, 6.45) is -0.718. The first-order valence-electron chi connectivity index (χ1n) is 8.82. The number of hydrogen-bond donors (Lipinski definition) is 1. The van der Waals surface area contributed by atoms with Gasteiger partial charge in [0.25, 0.3) is 11.6 Å². The summed E-state index contributed by atoms with van der Waals surface area (Å²) in [4.78, 5) is 50.8. The van der Waals surface area contributed by atoms with Crippen LogP contribution in [0, 0.1) is 10.1 Å². The number of nitro groups is 1. The summed E-state index contributed by atoms with van der Waals surface area (Å²) < 4.78 is 10.1. The number of amides is 2. The van der Waals surface area contributed by atoms with Crippen molar-refractivity contribution in [1.29, 1.82) is 0 Å². The number of hydroxylamine groups is 2. The van der Waals surface area contributed by atoms with Crippen molar-refractivity contribution in [1.82, 2.24) is 10.4 Å². The second-order valence-electron chi connectivity index (χ2n) is 7.39. The van der Waals surface area contributed by atoms with E-state index in [1.165, 1.54) is 24.3 Å². The zero-order chi connectivity index (χ0) is 21.8. The minimum absolute atomic E-state index is 0.0664. The summed E-state index contributed by atoms with van der Waals surface area (Å²) in [6.45, 7) is 6.17. The van der Waals surface area contributed by atoms with Gasteiger partial charge in [-0.2, -0.15) is 0 Å². The second kappa shape index (κ2) is 8.86. The van der Waals surface area contributed by atoms with E-state index >= 15 is 0 Å². The first-order chi connectivity index (χ1) is 13.5. The van der Waals surface area contributed by atoms with E-state index in [4.69, 9.17) is 14.3 Å². The first kappa shape index (κ1) is 22.1. The van der Waals surface area contributed by atoms with Crippen molar-refractivity contribution in [3.8, 4) is 0 Å². The minimum atomic E-state index is -0.805. The third kappa shape index (κ3) is 6.14. The predicted octanol–water partition coefficient (Wildman–Crippen LogP) is 1.69. The summed E-state index contributed by atoms with van der Waals surface area (Å²) in [5.74, 6) is -1.22. The van der Waals surface area contributed by atoms with Crippen molar-refractivity contribution in [2.75, 3.05) is 6.61 Å². The number of alkyl carbamates (subject to hydrolysis) is 1. The molecule has 11 heteroatoms. The Morgan fingerprint density at radius 3 is 2.38 bits per heavy atom. The highest BCUT2D eigenvalue weighted by atomic mass is 16.7. The van der Waals surface area contributed by atoms with Gasteiger partial charge in [0.2, 0.25) is 0 Å². The zero-order valence-electron chi connectivity index (χ0n) is 16.5. The third-order valence-corrected chi connectivity index (χ3v) is 3.88. The Kier molecular flexibility index (Phi) is 6.75. The highest BCUT2D eigenvalue weighted by molar-refractivity contribution is 5.91. The van der Waals surface area contributed by atoms with Crippen LogP contribution in [0.3, 0.4) is 0 Å². The van der Waals surface area contributed by atoms with E-state index in [-0.39, 0.29) is 12.3 Å². The van der Waals surface area contributed by atoms with Crippen LogP contribution in [0.25, 0.3) is 0 Å². The maximum atomic E-state index is 12.1. The lowest BCUT2D eigenvalue weighted by molar-refractivity contribution is -0.384. The number of benzene rings is 1. The molecule has 0 aliphatic carbocycles. The van der Waals surface area contributed by atoms with Crippen LogP contribution < -0.4 is 5.32 Å². The lowest BCUT2D eigenvalue weighted by Gasteiger charge is -2.43. The molecule has 29 heavy (non-hydrogen) atoms. The molecule has 1 aromatic rings. The van der Waals surface area contributed by atoms with Gasteiger partial charge in [-0.15, -0.1) is 0 Å². The van der Waals surface area contributed by atoms with E-state index in [2.05, 4.69) is 5.32 Å². The van der Waals surface area contributed by atoms with Gasteiger partial charge in [-0.25, -0.2) is 14.7 Å². The van der Waals surface area contributed by atoms with Crippen LogP contribution in [-0.4, -0.2) is 52.2 Å². The fourth-order valence-corrected chi connectivity index (χ4v) is 2.44. The lowest BCUT2D eigenvalue weighted by Crippen LogP contribution is -2.69. The molecule has 2 atom stereocenters. The molecule has 0 radical (unpaired) electrons. The van der Waals surface area contributed by atoms with Gasteiger partial charge in [0.15, 0.2) is 6.61 Å². The number of nitrogens with one attached hydrogen (secondary N) is 1. The first-order valence-corrected chi connectivity index (χ1v) is 8.82. The SMILES string of the molecule is C[C@H]1[C@H](NC(=O)OC(C)(C)C)C(=O)N1OCC(=O)OCc1ccc([N+](=O)[O-])cc1. The minimum Gasteiger partial charge on any atom is -0.459 e. The van der Waals surface area contributed by atoms with Crippen molar-refractivity contribution in [3.63, 3.8) is 0 Å². The molecule has 1 aliphatic rings. The molecule has 11 nitrogen and oxygen atoms in total. The number of hydrogen-bond acceptors (Lipinski definition) is 8. The van der Waals surface area contributed by atoms with Crippen LogP contribution in [0.15, 0.2) is 24.3 Å². The largest absolute Gasteiger partial charge is 0.459 e. The molecule has 0 unspecified atom stereocenters. The Morgan fingerprint density at radius 2 is 1.86 bits per heavy atom. The van der Waals surface area contributed by atoms with Crippen LogP contribution >= 0.6 is 0 Å². The molecular weight excluding hydrogens is 386 g/mol. The summed E-state index contributed by atoms with van der Waals surface area (Å²) in [5.41, 5.74) is -0.189. The van der Waals surface area contributed by atoms with Crippen LogP contribution in [-0.2, 0) is 30.5 Å². The van der Waals surface area contributed by atoms with Crippen molar-refractivity contribution in [2.45, 2.75) is 52.0 Å². The Morgan fingerprint density at radius 1 is 1.24 bits per heavy atom. The predicted molar refractivity (Wildman–Crippen MR) is 98.3 cm³/mol. The standard InChI is InChI=1S/C18H23N3O8/c1-11-15(19-17(24)29-18(2,3)4)16(23)20(11)28-10-14(22)27-9-12-5-7-13(8-6-12)21(25)26/h5-8,11,15H,9-10H2,1-4H3,(H,19,24)/t11-,15-/m0/s1. The molecular formula is C18H23N3O8. The van der Waals surface area contributed by atoms with Crippen LogP contribution in [0.4, 0.5) is 10.5 Å². The zero-order valence-corrected chi connectivity index (χ0v) is 16.5. The molecule has 1 aliphatic heterocycles. The highest BCUT2D eigenvalue weighted by Crippen LogP contribution is 2.21. The summed E-state index contributed by atoms with van der Waals surface area (Å²) in [5, 5.41) is 14.0. The van der Waals surface area contributed by atoms with Gasteiger partial charge in [0.05, 0.1) is 11.0 Å². The number of rotatable bonds is 7. The Labute approximate surface area is 167 Å². The highest BCUT2D eigenvalue weighted by Gasteiger charge is 2.47. The number of non-ortho nitro benzene ring substituents is 1. The average molecular weight is 409 g/mol. The Balaban J connectivity index is 1.73. The molecule has 0 saturated carbocycles. The van der Waals surface area contributed by atoms with E-state index in [0.29, 0.717) is 5.56 Å². The van der Waals surface area contributed by atoms with Gasteiger partial charge in [0, 0.05) is 12.1 Å². The van der Waals surface area contributed by atoms with Crippen molar-refractivity contribution >= 4 is 23.7 Å². The average Bonchev–Trinajstić information content (AvgIpc) is 2.63. The molecule has 0 spiro atoms. The molecule has 0 bridgehead atoms. The second-order valence-corrected chi connectivity index (χ2v) is 7.39. The third-order valence-electron chi connectivity index (χ3n) is 3.88. The number of ether oxygens (including phenoxy) is 2. The maximum absolute atomic E-state index is 12.1. The summed E-state index contributed by atoms with van der Waals surface area (Å²) >= 11 is 0. The van der Waals surface area contributed by atoms with Gasteiger partial charge < -0.3 is 14.8 Å². The summed E-state index contributed by atoms with van der Waals surface area (Å²) in [6, 6.07) is 4.26. The quantitative estimate of drug-likeness (QED) is 0.311. The number of carbonyl (C=O) groups is 3. The van der Waals surface area contributed by atoms with Gasteiger partial charge in [-0.3, -0.25) is 19.7 Å². The number of carbonyl (C=O) groups excluding carboxylic acids is 3. The van der Waals surface area contributed by atoms with Crippen molar-refractivity contribution < 1.29 is 33.6 Å². The molecule has 158 valence electrons. The molecule has 0 aromatic heterocycles. The van der Waals surface area contributed by atoms with E-state index in [1.807, 2.05) is 0 Å². The van der Waals surface area contributed by atoms with Crippen LogP contribution in [0.5, 0.6) is 0 Å². The lowest BCUT2D eigenvalue weighted by atomic mass is 10.0. The number of esters is 1. The number of nitrogens with zero attached hydrogens (tertiary/aromatic N) is 2. The van der Waals surface area contributed by atoms with Crippen molar-refractivity contribution in [3.05, 3.63) is 39.9 Å². The van der Waals surface area contributed by atoms with Crippen molar-refractivity contribution in [2.24, 2.45) is 0 Å². The Bertz CT molecular complexity index is 787. The monoisotopic (exact) mass is 409 g/mol. The molecule has 1 N–H and O–H groups in total. The summed E-state index contributed by atoms with van der Waals surface area (Å²) in [7, 11) is 0. The number of nitro benzene ring substituents is 1. The van der Waals surface area contributed by atoms with Crippen LogP contribution in [0.2, 0.25) is 0 Å². The van der Waals surface area contributed by atoms with E-state index < -0.39 is 47.2 Å². The molecule has 2 rings (SSSR count). The normalized spacial score (nSPS) is 18.6. The van der Waals surface area contributed by atoms with E-state index in [9.17, 15) is 24.5 Å². The van der Waals surface area contributed by atoms with Gasteiger partial charge in [-0.1, -0.05) is 0 Å². The van der Waals surface area contributed by atoms with Gasteiger partial charge in [-0.05, 0) is 45.4 Å². The van der Waals surface area contributed by atoms with E-state index in [1.54, 1.807) is 27.7 Å². The maximum Gasteiger partial charge on any atom is 0.408 e. The number of β-lactam (4-membered cyclic amide) rings is 1. The van der Waals surface area contributed by atoms with Gasteiger partial charge in [0.1, 0.15) is 18.2 Å². The molecule has 1 saturated heterocycles. The molecule has 1 heterocycles. The molecule has 1 aromatic carbocycles. The molecule has 1 fully saturated rings. The fraction of sp³-hybridized carbons (Fsp3) is 0.500. The smallest absolute Gasteiger partial charge is 0.408 e. The molecule has 2 amide bonds. The topological polar surface area (TPSA) is 137 Å². The Hall–Kier alpha value is -3.21. The van der Waals surface area contributed by atoms with Gasteiger partial charge >= 0.3 is 12.1 Å². The van der Waals surface area contributed by atoms with Crippen LogP contribution in [0.1, 0.15) is 33.3 Å².